The number of rotatable bonds is 2. The number of allylic oxidation sites excluding steroid dienone is 4. The minimum Gasteiger partial charge on any atom is -0.512 e. The molecule has 0 bridgehead atoms. The van der Waals surface area contributed by atoms with Crippen molar-refractivity contribution in [2.45, 2.75) is 27.7 Å². The maximum atomic E-state index is 10.0. The number of carbonyl (C=O) groups excluding carboxylic acids is 2. The Morgan fingerprint density at radius 3 is 1.00 bits per heavy atom. The van der Waals surface area contributed by atoms with Gasteiger partial charge in [0, 0.05) is 31.6 Å². The average Bonchev–Trinajstić information content (AvgIpc) is 1.79. The minimum absolute atomic E-state index is 0. The van der Waals surface area contributed by atoms with Gasteiger partial charge in [-0.1, -0.05) is 0 Å². The molecule has 0 atom stereocenters. The van der Waals surface area contributed by atoms with Crippen LogP contribution in [0.4, 0.5) is 0 Å². The van der Waals surface area contributed by atoms with Crippen molar-refractivity contribution >= 4 is 11.6 Å². The number of hydrogen-bond donors (Lipinski definition) is 2. The Hall–Kier alpha value is -0.997. The molecule has 0 heterocycles. The first-order valence-electron chi connectivity index (χ1n) is 4.01. The summed E-state index contributed by atoms with van der Waals surface area (Å²) < 4.78 is 0. The molecule has 0 saturated carbocycles. The maximum absolute atomic E-state index is 10.0. The summed E-state index contributed by atoms with van der Waals surface area (Å²) in [5, 5.41) is 16.7. The van der Waals surface area contributed by atoms with Crippen LogP contribution >= 0.6 is 0 Å². The van der Waals surface area contributed by atoms with Crippen molar-refractivity contribution in [2.24, 2.45) is 0 Å². The monoisotopic (exact) mass is 282 g/mol. The van der Waals surface area contributed by atoms with Crippen LogP contribution in [0.3, 0.4) is 0 Å². The van der Waals surface area contributed by atoms with Crippen LogP contribution in [0.2, 0.25) is 0 Å². The molecule has 6 heteroatoms. The van der Waals surface area contributed by atoms with Crippen molar-refractivity contribution in [1.29, 1.82) is 0 Å². The zero-order valence-electron chi connectivity index (χ0n) is 10.1. The van der Waals surface area contributed by atoms with Gasteiger partial charge in [0.25, 0.3) is 0 Å². The maximum Gasteiger partial charge on any atom is 0.155 e. The van der Waals surface area contributed by atoms with Gasteiger partial charge in [0.15, 0.2) is 11.6 Å². The second-order valence-corrected chi connectivity index (χ2v) is 2.79. The molecule has 0 aliphatic carbocycles. The fraction of sp³-hybridized carbons (Fsp3) is 0.400. The van der Waals surface area contributed by atoms with E-state index < -0.39 is 0 Å². The standard InChI is InChI=1S/2C5H8O2.H2O.Zn/c2*1-4(6)3-5(2)7;;/h2*3,6H,1-2H3;1H2;/b4-3+;4-3-;;. The van der Waals surface area contributed by atoms with E-state index in [0.717, 1.165) is 0 Å². The van der Waals surface area contributed by atoms with Crippen LogP contribution in [0.1, 0.15) is 27.7 Å². The molecule has 4 N–H and O–H groups in total. The largest absolute Gasteiger partial charge is 0.512 e. The van der Waals surface area contributed by atoms with Crippen molar-refractivity contribution in [3.8, 4) is 0 Å². The summed E-state index contributed by atoms with van der Waals surface area (Å²) in [5.41, 5.74) is 0. The van der Waals surface area contributed by atoms with Crippen LogP contribution in [-0.2, 0) is 29.1 Å². The van der Waals surface area contributed by atoms with Crippen molar-refractivity contribution in [1.82, 2.24) is 0 Å². The first-order valence-corrected chi connectivity index (χ1v) is 4.01. The quantitative estimate of drug-likeness (QED) is 0.452. The van der Waals surface area contributed by atoms with Crippen LogP contribution in [0.15, 0.2) is 23.7 Å². The molecule has 90 valence electrons. The normalized spacial score (nSPS) is 10.0. The van der Waals surface area contributed by atoms with E-state index in [9.17, 15) is 9.59 Å². The summed E-state index contributed by atoms with van der Waals surface area (Å²) in [6.45, 7) is 5.70. The Morgan fingerprint density at radius 1 is 0.812 bits per heavy atom. The molecule has 0 unspecified atom stereocenters. The second-order valence-electron chi connectivity index (χ2n) is 2.79. The Bertz CT molecular complexity index is 232. The summed E-state index contributed by atoms with van der Waals surface area (Å²) in [6.07, 6.45) is 2.33. The third-order valence-corrected chi connectivity index (χ3v) is 0.824. The van der Waals surface area contributed by atoms with Crippen molar-refractivity contribution in [3.05, 3.63) is 23.7 Å². The van der Waals surface area contributed by atoms with E-state index in [4.69, 9.17) is 10.2 Å². The predicted molar refractivity (Wildman–Crippen MR) is 57.7 cm³/mol. The number of ketones is 2. The fourth-order valence-corrected chi connectivity index (χ4v) is 0.588. The second kappa shape index (κ2) is 14.0. The first-order chi connectivity index (χ1) is 6.25. The summed E-state index contributed by atoms with van der Waals surface area (Å²) in [6, 6.07) is 0. The molecule has 0 saturated heterocycles. The zero-order chi connectivity index (χ0) is 11.7. The zero-order valence-corrected chi connectivity index (χ0v) is 13.0. The molecule has 5 nitrogen and oxygen atoms in total. The number of hydrogen-bond acceptors (Lipinski definition) is 4. The van der Waals surface area contributed by atoms with Crippen LogP contribution in [0, 0.1) is 0 Å². The van der Waals surface area contributed by atoms with E-state index in [-0.39, 0.29) is 48.0 Å². The Morgan fingerprint density at radius 2 is 1.00 bits per heavy atom. The number of aliphatic hydroxyl groups excluding tert-OH is 2. The fourth-order valence-electron chi connectivity index (χ4n) is 0.588. The van der Waals surface area contributed by atoms with Gasteiger partial charge in [-0.2, -0.15) is 0 Å². The van der Waals surface area contributed by atoms with Gasteiger partial charge in [0.05, 0.1) is 11.5 Å². The molecule has 0 aliphatic heterocycles. The summed E-state index contributed by atoms with van der Waals surface area (Å²) in [7, 11) is 0. The van der Waals surface area contributed by atoms with E-state index >= 15 is 0 Å². The average molecular weight is 284 g/mol. The van der Waals surface area contributed by atoms with Crippen LogP contribution < -0.4 is 0 Å². The van der Waals surface area contributed by atoms with E-state index in [1.165, 1.54) is 39.8 Å². The first kappa shape index (κ1) is 24.3. The van der Waals surface area contributed by atoms with Gasteiger partial charge >= 0.3 is 0 Å². The molecular formula is C10H18O5Zn. The van der Waals surface area contributed by atoms with Crippen molar-refractivity contribution < 1.29 is 44.8 Å². The topological polar surface area (TPSA) is 106 Å². The molecule has 0 radical (unpaired) electrons. The molecule has 0 rings (SSSR count). The SMILES string of the molecule is CC(=O)/C=C(/C)O.CC(=O)/C=C(\C)O.O.[Zn]. The van der Waals surface area contributed by atoms with E-state index in [1.54, 1.807) is 0 Å². The predicted octanol–water partition coefficient (Wildman–Crippen LogP) is 1.25. The van der Waals surface area contributed by atoms with Crippen LogP contribution in [-0.4, -0.2) is 27.3 Å². The molecule has 0 aromatic carbocycles. The molecule has 0 amide bonds. The van der Waals surface area contributed by atoms with Crippen molar-refractivity contribution in [3.63, 3.8) is 0 Å². The Balaban J connectivity index is -0.0000000800. The third kappa shape index (κ3) is 38.2. The summed E-state index contributed by atoms with van der Waals surface area (Å²) in [5.74, 6) is -0.125. The van der Waals surface area contributed by atoms with Gasteiger partial charge in [0.1, 0.15) is 0 Å². The van der Waals surface area contributed by atoms with Gasteiger partial charge in [0.2, 0.25) is 0 Å². The van der Waals surface area contributed by atoms with E-state index in [2.05, 4.69) is 0 Å². The van der Waals surface area contributed by atoms with Gasteiger partial charge in [-0.3, -0.25) is 9.59 Å². The number of aliphatic hydroxyl groups is 2. The molecule has 0 fully saturated rings. The van der Waals surface area contributed by atoms with E-state index in [0.29, 0.717) is 0 Å². The minimum atomic E-state index is -0.125. The van der Waals surface area contributed by atoms with E-state index in [1.807, 2.05) is 0 Å². The van der Waals surface area contributed by atoms with Gasteiger partial charge in [-0.05, 0) is 27.7 Å². The van der Waals surface area contributed by atoms with Crippen LogP contribution in [0.5, 0.6) is 0 Å². The van der Waals surface area contributed by atoms with Gasteiger partial charge < -0.3 is 15.7 Å². The summed E-state index contributed by atoms with van der Waals surface area (Å²) in [4.78, 5) is 20.0. The van der Waals surface area contributed by atoms with Crippen molar-refractivity contribution in [2.75, 3.05) is 0 Å². The molecule has 0 aromatic rings. The van der Waals surface area contributed by atoms with Gasteiger partial charge in [-0.15, -0.1) is 0 Å². The molecular weight excluding hydrogens is 265 g/mol. The molecule has 0 aromatic heterocycles. The Labute approximate surface area is 108 Å². The van der Waals surface area contributed by atoms with Gasteiger partial charge in [-0.25, -0.2) is 0 Å². The van der Waals surface area contributed by atoms with Crippen LogP contribution in [0.25, 0.3) is 0 Å². The summed E-state index contributed by atoms with van der Waals surface area (Å²) >= 11 is 0. The Kier molecular flexibility index (Phi) is 21.3. The molecule has 0 spiro atoms. The smallest absolute Gasteiger partial charge is 0.155 e. The number of carbonyl (C=O) groups is 2. The molecule has 0 aliphatic rings. The third-order valence-electron chi connectivity index (χ3n) is 0.824. The molecule has 16 heavy (non-hydrogen) atoms.